The molecule has 0 radical (unpaired) electrons. The number of nitro groups is 1. The number of rotatable bonds is 5. The Hall–Kier alpha value is -1.95. The van der Waals surface area contributed by atoms with Crippen LogP contribution >= 0.6 is 11.8 Å². The molecular formula is C12H16N6O4S2. The van der Waals surface area contributed by atoms with E-state index in [9.17, 15) is 18.5 Å². The molecule has 0 saturated carbocycles. The SMILES string of the molecule is Cn1cnc([N+](=O)[O-])c1Sc1nnc(CC2CCS(=O)(=O)C2)n1C. The normalized spacial score (nSPS) is 19.7. The Morgan fingerprint density at radius 2 is 2.17 bits per heavy atom. The molecule has 1 aliphatic rings. The highest BCUT2D eigenvalue weighted by atomic mass is 32.2. The minimum absolute atomic E-state index is 0.0433. The molecule has 1 fully saturated rings. The first kappa shape index (κ1) is 16.9. The van der Waals surface area contributed by atoms with Crippen LogP contribution in [0.5, 0.6) is 0 Å². The fourth-order valence-corrected chi connectivity index (χ4v) is 5.41. The van der Waals surface area contributed by atoms with Gasteiger partial charge in [-0.15, -0.1) is 10.2 Å². The highest BCUT2D eigenvalue weighted by molar-refractivity contribution is 7.99. The van der Waals surface area contributed by atoms with Crippen molar-refractivity contribution in [3.8, 4) is 0 Å². The second kappa shape index (κ2) is 6.16. The molecule has 2 aromatic heterocycles. The number of hydrogen-bond donors (Lipinski definition) is 0. The predicted molar refractivity (Wildman–Crippen MR) is 85.5 cm³/mol. The molecule has 3 heterocycles. The Balaban J connectivity index is 1.79. The van der Waals surface area contributed by atoms with E-state index < -0.39 is 14.8 Å². The standard InChI is InChI=1S/C12H16N6O4S2/c1-16-7-13-10(18(19)20)11(16)23-12-15-14-9(17(12)2)5-8-3-4-24(21,22)6-8/h7-8H,3-6H2,1-2H3. The van der Waals surface area contributed by atoms with Crippen molar-refractivity contribution < 1.29 is 13.3 Å². The molecule has 0 spiro atoms. The van der Waals surface area contributed by atoms with Crippen LogP contribution in [0.1, 0.15) is 12.2 Å². The van der Waals surface area contributed by atoms with Gasteiger partial charge in [-0.25, -0.2) is 8.42 Å². The van der Waals surface area contributed by atoms with Crippen LogP contribution < -0.4 is 0 Å². The largest absolute Gasteiger partial charge is 0.396 e. The molecular weight excluding hydrogens is 356 g/mol. The van der Waals surface area contributed by atoms with Gasteiger partial charge in [-0.1, -0.05) is 0 Å². The lowest BCUT2D eigenvalue weighted by Gasteiger charge is -2.07. The third-order valence-electron chi connectivity index (χ3n) is 3.95. The fraction of sp³-hybridized carbons (Fsp3) is 0.583. The Bertz CT molecular complexity index is 887. The molecule has 24 heavy (non-hydrogen) atoms. The zero-order chi connectivity index (χ0) is 17.5. The lowest BCUT2D eigenvalue weighted by molar-refractivity contribution is -0.392. The summed E-state index contributed by atoms with van der Waals surface area (Å²) >= 11 is 1.11. The molecule has 12 heteroatoms. The summed E-state index contributed by atoms with van der Waals surface area (Å²) in [6.07, 6.45) is 2.53. The van der Waals surface area contributed by atoms with Crippen molar-refractivity contribution in [1.29, 1.82) is 0 Å². The predicted octanol–water partition coefficient (Wildman–Crippen LogP) is 0.585. The van der Waals surface area contributed by atoms with Gasteiger partial charge in [0.05, 0.1) is 11.5 Å². The molecule has 3 rings (SSSR count). The Kier molecular flexibility index (Phi) is 4.34. The van der Waals surface area contributed by atoms with Crippen LogP contribution in [0.25, 0.3) is 0 Å². The Morgan fingerprint density at radius 3 is 2.79 bits per heavy atom. The second-order valence-corrected chi connectivity index (χ2v) is 8.96. The average Bonchev–Trinajstić information content (AvgIpc) is 3.13. The van der Waals surface area contributed by atoms with Gasteiger partial charge < -0.3 is 19.2 Å². The zero-order valence-electron chi connectivity index (χ0n) is 13.1. The van der Waals surface area contributed by atoms with Crippen LogP contribution in [0.3, 0.4) is 0 Å². The minimum Gasteiger partial charge on any atom is -0.358 e. The van der Waals surface area contributed by atoms with E-state index >= 15 is 0 Å². The molecule has 10 nitrogen and oxygen atoms in total. The minimum atomic E-state index is -2.93. The van der Waals surface area contributed by atoms with Gasteiger partial charge in [-0.3, -0.25) is 0 Å². The van der Waals surface area contributed by atoms with Gasteiger partial charge in [0.1, 0.15) is 5.82 Å². The topological polar surface area (TPSA) is 126 Å². The van der Waals surface area contributed by atoms with E-state index in [2.05, 4.69) is 15.2 Å². The van der Waals surface area contributed by atoms with Crippen LogP contribution in [0.15, 0.2) is 16.5 Å². The maximum atomic E-state index is 11.6. The quantitative estimate of drug-likeness (QED) is 0.551. The van der Waals surface area contributed by atoms with Crippen LogP contribution in [0, 0.1) is 16.0 Å². The van der Waals surface area contributed by atoms with Crippen molar-refractivity contribution in [2.75, 3.05) is 11.5 Å². The van der Waals surface area contributed by atoms with Gasteiger partial charge in [0.2, 0.25) is 6.33 Å². The fourth-order valence-electron chi connectivity index (χ4n) is 2.64. The first-order valence-electron chi connectivity index (χ1n) is 7.19. The maximum absolute atomic E-state index is 11.6. The molecule has 0 aromatic carbocycles. The molecule has 1 saturated heterocycles. The molecule has 1 unspecified atom stereocenters. The van der Waals surface area contributed by atoms with E-state index in [1.165, 1.54) is 6.33 Å². The van der Waals surface area contributed by atoms with E-state index in [0.717, 1.165) is 11.8 Å². The van der Waals surface area contributed by atoms with Gasteiger partial charge in [0.15, 0.2) is 20.0 Å². The maximum Gasteiger partial charge on any atom is 0.396 e. The molecule has 1 atom stereocenters. The Morgan fingerprint density at radius 1 is 1.42 bits per heavy atom. The first-order valence-corrected chi connectivity index (χ1v) is 9.83. The molecule has 0 amide bonds. The van der Waals surface area contributed by atoms with Gasteiger partial charge in [0.25, 0.3) is 0 Å². The number of imidazole rings is 1. The summed E-state index contributed by atoms with van der Waals surface area (Å²) in [4.78, 5) is 14.3. The molecule has 0 N–H and O–H groups in total. The van der Waals surface area contributed by atoms with Crippen molar-refractivity contribution in [1.82, 2.24) is 24.3 Å². The van der Waals surface area contributed by atoms with Gasteiger partial charge in [-0.2, -0.15) is 0 Å². The number of aromatic nitrogens is 5. The first-order chi connectivity index (χ1) is 11.3. The van der Waals surface area contributed by atoms with Crippen LogP contribution in [-0.4, -0.2) is 49.2 Å². The lowest BCUT2D eigenvalue weighted by atomic mass is 10.1. The molecule has 2 aromatic rings. The number of aryl methyl sites for hydroxylation is 1. The van der Waals surface area contributed by atoms with Crippen molar-refractivity contribution in [3.05, 3.63) is 22.3 Å². The monoisotopic (exact) mass is 372 g/mol. The smallest absolute Gasteiger partial charge is 0.358 e. The van der Waals surface area contributed by atoms with E-state index in [1.807, 2.05) is 0 Å². The summed E-state index contributed by atoms with van der Waals surface area (Å²) in [5.41, 5.74) is 0. The van der Waals surface area contributed by atoms with Crippen LogP contribution in [-0.2, 0) is 30.4 Å². The van der Waals surface area contributed by atoms with Crippen molar-refractivity contribution in [2.45, 2.75) is 23.0 Å². The van der Waals surface area contributed by atoms with E-state index in [4.69, 9.17) is 0 Å². The third-order valence-corrected chi connectivity index (χ3v) is 6.99. The van der Waals surface area contributed by atoms with Gasteiger partial charge >= 0.3 is 5.82 Å². The summed E-state index contributed by atoms with van der Waals surface area (Å²) in [5.74, 6) is 0.883. The Labute approximate surface area is 142 Å². The summed E-state index contributed by atoms with van der Waals surface area (Å²) in [6.45, 7) is 0. The summed E-state index contributed by atoms with van der Waals surface area (Å²) < 4.78 is 26.4. The summed E-state index contributed by atoms with van der Waals surface area (Å²) in [6, 6.07) is 0. The number of nitrogens with zero attached hydrogens (tertiary/aromatic N) is 6. The number of sulfone groups is 1. The zero-order valence-corrected chi connectivity index (χ0v) is 14.7. The van der Waals surface area contributed by atoms with Crippen molar-refractivity contribution >= 4 is 27.4 Å². The van der Waals surface area contributed by atoms with Gasteiger partial charge in [-0.05, 0) is 34.0 Å². The highest BCUT2D eigenvalue weighted by Crippen LogP contribution is 2.33. The summed E-state index contributed by atoms with van der Waals surface area (Å²) in [7, 11) is 0.504. The highest BCUT2D eigenvalue weighted by Gasteiger charge is 2.30. The van der Waals surface area contributed by atoms with E-state index in [-0.39, 0.29) is 23.2 Å². The van der Waals surface area contributed by atoms with E-state index in [1.54, 1.807) is 23.2 Å². The van der Waals surface area contributed by atoms with Crippen LogP contribution in [0.2, 0.25) is 0 Å². The number of hydrogen-bond acceptors (Lipinski definition) is 8. The van der Waals surface area contributed by atoms with Crippen molar-refractivity contribution in [2.24, 2.45) is 20.0 Å². The third kappa shape index (κ3) is 3.29. The lowest BCUT2D eigenvalue weighted by Crippen LogP contribution is -2.11. The van der Waals surface area contributed by atoms with E-state index in [0.29, 0.717) is 28.8 Å². The summed E-state index contributed by atoms with van der Waals surface area (Å²) in [5, 5.41) is 20.1. The van der Waals surface area contributed by atoms with Crippen molar-refractivity contribution in [3.63, 3.8) is 0 Å². The molecule has 0 aliphatic carbocycles. The molecule has 1 aliphatic heterocycles. The average molecular weight is 372 g/mol. The molecule has 130 valence electrons. The molecule has 0 bridgehead atoms. The van der Waals surface area contributed by atoms with Gasteiger partial charge in [0, 0.05) is 20.5 Å². The second-order valence-electron chi connectivity index (χ2n) is 5.77. The van der Waals surface area contributed by atoms with Crippen LogP contribution in [0.4, 0.5) is 5.82 Å².